The predicted octanol–water partition coefficient (Wildman–Crippen LogP) is 4.66. The van der Waals surface area contributed by atoms with E-state index in [1.807, 2.05) is 17.0 Å². The first-order valence-electron chi connectivity index (χ1n) is 8.69. The molecule has 2 nitrogen and oxygen atoms in total. The summed E-state index contributed by atoms with van der Waals surface area (Å²) in [5.74, 6) is 0.0797. The highest BCUT2D eigenvalue weighted by Crippen LogP contribution is 2.09. The van der Waals surface area contributed by atoms with Gasteiger partial charge in [-0.3, -0.25) is 4.79 Å². The second kappa shape index (κ2) is 9.71. The molecule has 0 fully saturated rings. The Hall–Kier alpha value is -2.35. The van der Waals surface area contributed by atoms with Gasteiger partial charge in [-0.15, -0.1) is 0 Å². The van der Waals surface area contributed by atoms with Gasteiger partial charge in [0.1, 0.15) is 0 Å². The van der Waals surface area contributed by atoms with E-state index in [1.165, 1.54) is 11.1 Å². The minimum Gasteiger partial charge on any atom is -0.339 e. The van der Waals surface area contributed by atoms with E-state index in [-0.39, 0.29) is 5.91 Å². The normalized spacial score (nSPS) is 10.4. The van der Waals surface area contributed by atoms with Crippen LogP contribution < -0.4 is 0 Å². The zero-order chi connectivity index (χ0) is 17.2. The summed E-state index contributed by atoms with van der Waals surface area (Å²) in [5.41, 5.74) is 3.27. The van der Waals surface area contributed by atoms with Gasteiger partial charge in [0.25, 0.3) is 0 Å². The first kappa shape index (κ1) is 18.0. The molecule has 126 valence electrons. The molecule has 1 amide bonds. The number of rotatable bonds is 9. The molecule has 0 aliphatic rings. The molecule has 0 bridgehead atoms. The number of amides is 1. The van der Waals surface area contributed by atoms with Gasteiger partial charge in [-0.05, 0) is 43.7 Å². The standard InChI is InChI=1S/C22H27NO/c1-19(2)22(24)23(17-9-15-20-11-5-3-6-12-20)18-10-16-21-13-7-4-8-14-21/h3-8,11-14H,1,9-10,15-18H2,2H3. The van der Waals surface area contributed by atoms with Gasteiger partial charge in [-0.1, -0.05) is 67.2 Å². The highest BCUT2D eigenvalue weighted by atomic mass is 16.2. The van der Waals surface area contributed by atoms with Crippen molar-refractivity contribution >= 4 is 5.91 Å². The van der Waals surface area contributed by atoms with E-state index in [0.717, 1.165) is 38.8 Å². The van der Waals surface area contributed by atoms with Crippen LogP contribution in [0.3, 0.4) is 0 Å². The van der Waals surface area contributed by atoms with Gasteiger partial charge in [-0.2, -0.15) is 0 Å². The van der Waals surface area contributed by atoms with Crippen LogP contribution in [0, 0.1) is 0 Å². The molecule has 2 aromatic rings. The van der Waals surface area contributed by atoms with Crippen molar-refractivity contribution in [3.63, 3.8) is 0 Å². The summed E-state index contributed by atoms with van der Waals surface area (Å²) in [7, 11) is 0. The van der Waals surface area contributed by atoms with Gasteiger partial charge in [-0.25, -0.2) is 0 Å². The van der Waals surface area contributed by atoms with Crippen LogP contribution in [0.4, 0.5) is 0 Å². The summed E-state index contributed by atoms with van der Waals surface area (Å²) in [6.07, 6.45) is 3.96. The van der Waals surface area contributed by atoms with Crippen LogP contribution in [0.2, 0.25) is 0 Å². The van der Waals surface area contributed by atoms with Gasteiger partial charge < -0.3 is 4.90 Å². The maximum Gasteiger partial charge on any atom is 0.248 e. The van der Waals surface area contributed by atoms with Crippen molar-refractivity contribution in [3.05, 3.63) is 83.9 Å². The molecule has 0 atom stereocenters. The van der Waals surface area contributed by atoms with Crippen LogP contribution in [0.1, 0.15) is 30.9 Å². The molecule has 24 heavy (non-hydrogen) atoms. The maximum atomic E-state index is 12.4. The van der Waals surface area contributed by atoms with Crippen LogP contribution in [0.5, 0.6) is 0 Å². The minimum absolute atomic E-state index is 0.0797. The Morgan fingerprint density at radius 3 is 1.62 bits per heavy atom. The fraction of sp³-hybridized carbons (Fsp3) is 0.318. The zero-order valence-electron chi connectivity index (χ0n) is 14.6. The maximum absolute atomic E-state index is 12.4. The topological polar surface area (TPSA) is 20.3 Å². The zero-order valence-corrected chi connectivity index (χ0v) is 14.6. The second-order valence-corrected chi connectivity index (χ2v) is 6.25. The molecule has 0 radical (unpaired) electrons. The Labute approximate surface area is 145 Å². The van der Waals surface area contributed by atoms with Crippen LogP contribution in [0.15, 0.2) is 72.8 Å². The molecule has 0 N–H and O–H groups in total. The molecule has 0 aromatic heterocycles. The van der Waals surface area contributed by atoms with E-state index < -0.39 is 0 Å². The van der Waals surface area contributed by atoms with E-state index in [1.54, 1.807) is 6.92 Å². The average Bonchev–Trinajstić information content (AvgIpc) is 2.61. The number of carbonyl (C=O) groups is 1. The van der Waals surface area contributed by atoms with Crippen molar-refractivity contribution in [1.29, 1.82) is 0 Å². The number of benzene rings is 2. The molecule has 0 aliphatic heterocycles. The molecular weight excluding hydrogens is 294 g/mol. The molecule has 2 aromatic carbocycles. The lowest BCUT2D eigenvalue weighted by atomic mass is 10.1. The molecular formula is C22H27NO. The lowest BCUT2D eigenvalue weighted by Gasteiger charge is -2.23. The Morgan fingerprint density at radius 1 is 0.833 bits per heavy atom. The average molecular weight is 321 g/mol. The summed E-state index contributed by atoms with van der Waals surface area (Å²) in [4.78, 5) is 14.3. The molecule has 0 saturated heterocycles. The van der Waals surface area contributed by atoms with Crippen LogP contribution in [0.25, 0.3) is 0 Å². The number of hydrogen-bond acceptors (Lipinski definition) is 1. The molecule has 0 unspecified atom stereocenters. The third-order valence-electron chi connectivity index (χ3n) is 4.12. The van der Waals surface area contributed by atoms with Crippen molar-refractivity contribution in [2.24, 2.45) is 0 Å². The van der Waals surface area contributed by atoms with E-state index >= 15 is 0 Å². The molecule has 2 heteroatoms. The summed E-state index contributed by atoms with van der Waals surface area (Å²) in [5, 5.41) is 0. The van der Waals surface area contributed by atoms with Crippen LogP contribution >= 0.6 is 0 Å². The Balaban J connectivity index is 1.82. The smallest absolute Gasteiger partial charge is 0.248 e. The monoisotopic (exact) mass is 321 g/mol. The number of nitrogens with zero attached hydrogens (tertiary/aromatic N) is 1. The second-order valence-electron chi connectivity index (χ2n) is 6.25. The lowest BCUT2D eigenvalue weighted by molar-refractivity contribution is -0.127. The van der Waals surface area contributed by atoms with Gasteiger partial charge in [0.2, 0.25) is 5.91 Å². The minimum atomic E-state index is 0.0797. The van der Waals surface area contributed by atoms with Crippen molar-refractivity contribution in [1.82, 2.24) is 4.90 Å². The first-order chi connectivity index (χ1) is 11.7. The number of hydrogen-bond donors (Lipinski definition) is 0. The van der Waals surface area contributed by atoms with Crippen molar-refractivity contribution in [2.75, 3.05) is 13.1 Å². The SMILES string of the molecule is C=C(C)C(=O)N(CCCc1ccccc1)CCCc1ccccc1. The fourth-order valence-electron chi connectivity index (χ4n) is 2.82. The Morgan fingerprint density at radius 2 is 1.25 bits per heavy atom. The van der Waals surface area contributed by atoms with Crippen molar-refractivity contribution in [3.8, 4) is 0 Å². The molecule has 0 aliphatic carbocycles. The highest BCUT2D eigenvalue weighted by molar-refractivity contribution is 5.92. The molecule has 0 heterocycles. The first-order valence-corrected chi connectivity index (χ1v) is 8.69. The summed E-state index contributed by atoms with van der Waals surface area (Å²) in [6, 6.07) is 20.9. The lowest BCUT2D eigenvalue weighted by Crippen LogP contribution is -2.33. The van der Waals surface area contributed by atoms with Crippen LogP contribution in [-0.4, -0.2) is 23.9 Å². The van der Waals surface area contributed by atoms with E-state index in [0.29, 0.717) is 5.57 Å². The Kier molecular flexibility index (Phi) is 7.28. The summed E-state index contributed by atoms with van der Waals surface area (Å²) >= 11 is 0. The number of aryl methyl sites for hydroxylation is 2. The van der Waals surface area contributed by atoms with Gasteiger partial charge >= 0.3 is 0 Å². The summed E-state index contributed by atoms with van der Waals surface area (Å²) in [6.45, 7) is 7.19. The molecule has 2 rings (SSSR count). The largest absolute Gasteiger partial charge is 0.339 e. The Bertz CT molecular complexity index is 588. The van der Waals surface area contributed by atoms with E-state index in [9.17, 15) is 4.79 Å². The van der Waals surface area contributed by atoms with E-state index in [4.69, 9.17) is 0 Å². The van der Waals surface area contributed by atoms with Crippen LogP contribution in [-0.2, 0) is 17.6 Å². The third kappa shape index (κ3) is 6.04. The number of carbonyl (C=O) groups excluding carboxylic acids is 1. The summed E-state index contributed by atoms with van der Waals surface area (Å²) < 4.78 is 0. The third-order valence-corrected chi connectivity index (χ3v) is 4.12. The van der Waals surface area contributed by atoms with Gasteiger partial charge in [0.15, 0.2) is 0 Å². The molecule has 0 saturated carbocycles. The van der Waals surface area contributed by atoms with E-state index in [2.05, 4.69) is 55.1 Å². The quantitative estimate of drug-likeness (QED) is 0.615. The van der Waals surface area contributed by atoms with Gasteiger partial charge in [0, 0.05) is 18.7 Å². The van der Waals surface area contributed by atoms with Gasteiger partial charge in [0.05, 0.1) is 0 Å². The fourth-order valence-corrected chi connectivity index (χ4v) is 2.82. The predicted molar refractivity (Wildman–Crippen MR) is 101 cm³/mol. The van der Waals surface area contributed by atoms with Crippen molar-refractivity contribution in [2.45, 2.75) is 32.6 Å². The highest BCUT2D eigenvalue weighted by Gasteiger charge is 2.13. The molecule has 0 spiro atoms. The van der Waals surface area contributed by atoms with Crippen molar-refractivity contribution < 1.29 is 4.79 Å².